The third kappa shape index (κ3) is 3.77. The second-order valence-electron chi connectivity index (χ2n) is 6.07. The van der Waals surface area contributed by atoms with Gasteiger partial charge >= 0.3 is 0 Å². The van der Waals surface area contributed by atoms with E-state index in [2.05, 4.69) is 6.92 Å². The lowest BCUT2D eigenvalue weighted by molar-refractivity contribution is 0.0666. The van der Waals surface area contributed by atoms with E-state index in [-0.39, 0.29) is 24.8 Å². The Morgan fingerprint density at radius 2 is 1.76 bits per heavy atom. The van der Waals surface area contributed by atoms with E-state index in [0.29, 0.717) is 18.0 Å². The summed E-state index contributed by atoms with van der Waals surface area (Å²) >= 11 is 0. The van der Waals surface area contributed by atoms with Crippen molar-refractivity contribution in [3.63, 3.8) is 0 Å². The van der Waals surface area contributed by atoms with Crippen LogP contribution in [0.15, 0.2) is 52.0 Å². The van der Waals surface area contributed by atoms with Crippen molar-refractivity contribution in [1.82, 2.24) is 9.21 Å². The first kappa shape index (κ1) is 17.7. The molecule has 1 aromatic carbocycles. The zero-order chi connectivity index (χ0) is 17.9. The van der Waals surface area contributed by atoms with Gasteiger partial charge in [-0.1, -0.05) is 25.5 Å². The molecular formula is C18H22N2O4S. The van der Waals surface area contributed by atoms with Crippen LogP contribution in [0.3, 0.4) is 0 Å². The Balaban J connectivity index is 1.66. The number of carbonyl (C=O) groups is 1. The summed E-state index contributed by atoms with van der Waals surface area (Å²) in [5.74, 6) is 0.0776. The summed E-state index contributed by atoms with van der Waals surface area (Å²) in [5.41, 5.74) is 1.13. The normalized spacial score (nSPS) is 16.1. The lowest BCUT2D eigenvalue weighted by Crippen LogP contribution is -2.50. The molecule has 0 spiro atoms. The van der Waals surface area contributed by atoms with Crippen LogP contribution in [0.1, 0.15) is 29.5 Å². The lowest BCUT2D eigenvalue weighted by Gasteiger charge is -2.33. The Hall–Kier alpha value is -2.12. The predicted octanol–water partition coefficient (Wildman–Crippen LogP) is 2.38. The molecule has 0 aliphatic carbocycles. The quantitative estimate of drug-likeness (QED) is 0.819. The predicted molar refractivity (Wildman–Crippen MR) is 93.8 cm³/mol. The Kier molecular flexibility index (Phi) is 5.24. The molecule has 0 saturated carbocycles. The number of piperazine rings is 1. The molecule has 1 saturated heterocycles. The van der Waals surface area contributed by atoms with Crippen LogP contribution < -0.4 is 0 Å². The van der Waals surface area contributed by atoms with Gasteiger partial charge in [0.1, 0.15) is 0 Å². The number of carbonyl (C=O) groups excluding carboxylic acids is 1. The zero-order valence-electron chi connectivity index (χ0n) is 14.2. The molecule has 25 heavy (non-hydrogen) atoms. The number of furan rings is 1. The summed E-state index contributed by atoms with van der Waals surface area (Å²) in [6, 6.07) is 10.3. The fourth-order valence-corrected chi connectivity index (χ4v) is 4.38. The first-order chi connectivity index (χ1) is 12.0. The zero-order valence-corrected chi connectivity index (χ0v) is 15.0. The second-order valence-corrected chi connectivity index (χ2v) is 8.01. The molecule has 6 nitrogen and oxygen atoms in total. The van der Waals surface area contributed by atoms with Crippen molar-refractivity contribution in [1.29, 1.82) is 0 Å². The van der Waals surface area contributed by atoms with Crippen molar-refractivity contribution in [2.75, 3.05) is 26.2 Å². The Labute approximate surface area is 148 Å². The van der Waals surface area contributed by atoms with Crippen molar-refractivity contribution >= 4 is 15.9 Å². The van der Waals surface area contributed by atoms with Crippen molar-refractivity contribution < 1.29 is 17.6 Å². The Morgan fingerprint density at radius 3 is 2.32 bits per heavy atom. The van der Waals surface area contributed by atoms with Gasteiger partial charge in [0.15, 0.2) is 5.76 Å². The van der Waals surface area contributed by atoms with Gasteiger partial charge in [0, 0.05) is 26.2 Å². The van der Waals surface area contributed by atoms with E-state index in [1.54, 1.807) is 29.2 Å². The molecule has 1 aliphatic rings. The van der Waals surface area contributed by atoms with Gasteiger partial charge in [-0.2, -0.15) is 4.31 Å². The molecular weight excluding hydrogens is 340 g/mol. The summed E-state index contributed by atoms with van der Waals surface area (Å²) in [6.45, 7) is 3.37. The van der Waals surface area contributed by atoms with Crippen molar-refractivity contribution in [2.24, 2.45) is 0 Å². The van der Waals surface area contributed by atoms with Gasteiger partial charge in [-0.3, -0.25) is 4.79 Å². The fourth-order valence-electron chi connectivity index (χ4n) is 2.95. The van der Waals surface area contributed by atoms with E-state index in [4.69, 9.17) is 4.42 Å². The van der Waals surface area contributed by atoms with Crippen LogP contribution in [0.2, 0.25) is 0 Å². The maximum absolute atomic E-state index is 12.8. The summed E-state index contributed by atoms with van der Waals surface area (Å²) in [7, 11) is -3.52. The highest BCUT2D eigenvalue weighted by atomic mass is 32.2. The van der Waals surface area contributed by atoms with Crippen molar-refractivity contribution in [3.05, 3.63) is 54.0 Å². The van der Waals surface area contributed by atoms with Crippen LogP contribution in [0.25, 0.3) is 0 Å². The monoisotopic (exact) mass is 362 g/mol. The minimum atomic E-state index is -3.52. The standard InChI is InChI=1S/C18H22N2O4S/c1-2-4-15-6-8-16(9-7-15)25(22,23)20-12-10-19(11-13-20)18(21)17-5-3-14-24-17/h3,5-9,14H,2,4,10-13H2,1H3. The average molecular weight is 362 g/mol. The summed E-state index contributed by atoms with van der Waals surface area (Å²) in [6.07, 6.45) is 3.42. The van der Waals surface area contributed by atoms with E-state index in [0.717, 1.165) is 18.4 Å². The topological polar surface area (TPSA) is 70.8 Å². The number of sulfonamides is 1. The molecule has 0 atom stereocenters. The largest absolute Gasteiger partial charge is 0.459 e. The van der Waals surface area contributed by atoms with E-state index in [1.807, 2.05) is 12.1 Å². The molecule has 134 valence electrons. The SMILES string of the molecule is CCCc1ccc(S(=O)(=O)N2CCN(C(=O)c3ccco3)CC2)cc1. The van der Waals surface area contributed by atoms with Crippen LogP contribution in [0, 0.1) is 0 Å². The molecule has 1 aliphatic heterocycles. The fraction of sp³-hybridized carbons (Fsp3) is 0.389. The Morgan fingerprint density at radius 1 is 1.08 bits per heavy atom. The second kappa shape index (κ2) is 7.41. The summed E-state index contributed by atoms with van der Waals surface area (Å²) < 4.78 is 32.1. The van der Waals surface area contributed by atoms with Crippen molar-refractivity contribution in [2.45, 2.75) is 24.7 Å². The highest BCUT2D eigenvalue weighted by Crippen LogP contribution is 2.19. The van der Waals surface area contributed by atoms with Gasteiger partial charge in [0.2, 0.25) is 10.0 Å². The number of hydrogen-bond donors (Lipinski definition) is 0. The van der Waals surface area contributed by atoms with Crippen LogP contribution in [0.4, 0.5) is 0 Å². The third-order valence-electron chi connectivity index (χ3n) is 4.36. The van der Waals surface area contributed by atoms with E-state index < -0.39 is 10.0 Å². The van der Waals surface area contributed by atoms with Crippen LogP contribution in [-0.4, -0.2) is 49.7 Å². The molecule has 3 rings (SSSR count). The number of nitrogens with zero attached hydrogens (tertiary/aromatic N) is 2. The van der Waals surface area contributed by atoms with Gasteiger partial charge in [-0.25, -0.2) is 8.42 Å². The first-order valence-electron chi connectivity index (χ1n) is 8.44. The van der Waals surface area contributed by atoms with Crippen LogP contribution in [0.5, 0.6) is 0 Å². The number of amides is 1. The van der Waals surface area contributed by atoms with E-state index in [9.17, 15) is 13.2 Å². The molecule has 2 aromatic rings. The molecule has 0 N–H and O–H groups in total. The number of aryl methyl sites for hydroxylation is 1. The van der Waals surface area contributed by atoms with Gasteiger partial charge in [-0.05, 0) is 36.2 Å². The van der Waals surface area contributed by atoms with Gasteiger partial charge in [-0.15, -0.1) is 0 Å². The minimum Gasteiger partial charge on any atom is -0.459 e. The lowest BCUT2D eigenvalue weighted by atomic mass is 10.1. The van der Waals surface area contributed by atoms with Gasteiger partial charge in [0.05, 0.1) is 11.2 Å². The molecule has 0 unspecified atom stereocenters. The highest BCUT2D eigenvalue weighted by Gasteiger charge is 2.31. The maximum atomic E-state index is 12.8. The van der Waals surface area contributed by atoms with Crippen molar-refractivity contribution in [3.8, 4) is 0 Å². The van der Waals surface area contributed by atoms with E-state index >= 15 is 0 Å². The smallest absolute Gasteiger partial charge is 0.289 e. The summed E-state index contributed by atoms with van der Waals surface area (Å²) in [4.78, 5) is 14.2. The summed E-state index contributed by atoms with van der Waals surface area (Å²) in [5, 5.41) is 0. The molecule has 1 aromatic heterocycles. The number of rotatable bonds is 5. The number of benzene rings is 1. The first-order valence-corrected chi connectivity index (χ1v) is 9.88. The highest BCUT2D eigenvalue weighted by molar-refractivity contribution is 7.89. The molecule has 2 heterocycles. The van der Waals surface area contributed by atoms with E-state index in [1.165, 1.54) is 10.6 Å². The number of hydrogen-bond acceptors (Lipinski definition) is 4. The maximum Gasteiger partial charge on any atom is 0.289 e. The minimum absolute atomic E-state index is 0.203. The van der Waals surface area contributed by atoms with Crippen LogP contribution >= 0.6 is 0 Å². The molecule has 1 amide bonds. The van der Waals surface area contributed by atoms with Gasteiger partial charge in [0.25, 0.3) is 5.91 Å². The molecule has 7 heteroatoms. The molecule has 0 bridgehead atoms. The molecule has 0 radical (unpaired) electrons. The van der Waals surface area contributed by atoms with Gasteiger partial charge < -0.3 is 9.32 Å². The Bertz CT molecular complexity index is 805. The third-order valence-corrected chi connectivity index (χ3v) is 6.27. The average Bonchev–Trinajstić information content (AvgIpc) is 3.17. The van der Waals surface area contributed by atoms with Crippen LogP contribution in [-0.2, 0) is 16.4 Å². The molecule has 1 fully saturated rings.